The molecule has 0 atom stereocenters. The molecule has 0 fully saturated rings. The zero-order valence-electron chi connectivity index (χ0n) is 14.6. The van der Waals surface area contributed by atoms with Crippen molar-refractivity contribution < 1.29 is 9.18 Å². The molecule has 5 nitrogen and oxygen atoms in total. The third-order valence-electron chi connectivity index (χ3n) is 3.72. The number of rotatable bonds is 5. The second-order valence-corrected chi connectivity index (χ2v) is 6.02. The molecule has 0 saturated carbocycles. The topological polar surface area (TPSA) is 66.9 Å². The van der Waals surface area contributed by atoms with Gasteiger partial charge in [0.15, 0.2) is 0 Å². The summed E-state index contributed by atoms with van der Waals surface area (Å²) < 4.78 is 13.0. The van der Waals surface area contributed by atoms with E-state index in [0.717, 1.165) is 5.56 Å². The molecule has 0 bridgehead atoms. The van der Waals surface area contributed by atoms with E-state index in [1.807, 2.05) is 25.1 Å². The van der Waals surface area contributed by atoms with Crippen LogP contribution in [0.3, 0.4) is 0 Å². The number of carbonyl (C=O) groups excluding carboxylic acids is 1. The minimum absolute atomic E-state index is 0.244. The van der Waals surface area contributed by atoms with Gasteiger partial charge in [-0.05, 0) is 49.7 Å². The van der Waals surface area contributed by atoms with E-state index in [4.69, 9.17) is 0 Å². The zero-order valence-corrected chi connectivity index (χ0v) is 14.6. The number of amides is 1. The maximum absolute atomic E-state index is 13.0. The van der Waals surface area contributed by atoms with Crippen LogP contribution in [-0.4, -0.2) is 15.9 Å². The molecule has 0 spiro atoms. The van der Waals surface area contributed by atoms with Crippen molar-refractivity contribution in [3.63, 3.8) is 0 Å². The largest absolute Gasteiger partial charge is 0.350 e. The summed E-state index contributed by atoms with van der Waals surface area (Å²) in [4.78, 5) is 21.0. The second kappa shape index (κ2) is 7.74. The molecule has 1 aromatic heterocycles. The van der Waals surface area contributed by atoms with Crippen LogP contribution < -0.4 is 10.6 Å². The molecule has 0 aliphatic heterocycles. The summed E-state index contributed by atoms with van der Waals surface area (Å²) in [5, 5.41) is 5.84. The molecule has 1 amide bonds. The number of hydrogen-bond donors (Lipinski definition) is 2. The minimum Gasteiger partial charge on any atom is -0.350 e. The number of halogens is 1. The SMILES string of the molecule is Cc1cccc(CNc2nc(C)cc(C(=O)Nc3ccc(F)cc3)n2)c1. The van der Waals surface area contributed by atoms with Gasteiger partial charge in [-0.2, -0.15) is 0 Å². The molecular weight excluding hydrogens is 331 g/mol. The number of aryl methyl sites for hydroxylation is 2. The van der Waals surface area contributed by atoms with Crippen molar-refractivity contribution in [1.29, 1.82) is 0 Å². The summed E-state index contributed by atoms with van der Waals surface area (Å²) in [6.07, 6.45) is 0. The highest BCUT2D eigenvalue weighted by Gasteiger charge is 2.11. The van der Waals surface area contributed by atoms with Crippen molar-refractivity contribution >= 4 is 17.5 Å². The summed E-state index contributed by atoms with van der Waals surface area (Å²) in [5.74, 6) is -0.347. The van der Waals surface area contributed by atoms with E-state index >= 15 is 0 Å². The van der Waals surface area contributed by atoms with Gasteiger partial charge in [0.2, 0.25) is 5.95 Å². The molecule has 1 heterocycles. The van der Waals surface area contributed by atoms with E-state index < -0.39 is 0 Å². The van der Waals surface area contributed by atoms with Crippen LogP contribution in [0, 0.1) is 19.7 Å². The monoisotopic (exact) mass is 350 g/mol. The first-order valence-corrected chi connectivity index (χ1v) is 8.21. The van der Waals surface area contributed by atoms with Crippen molar-refractivity contribution in [3.8, 4) is 0 Å². The van der Waals surface area contributed by atoms with Gasteiger partial charge >= 0.3 is 0 Å². The predicted octanol–water partition coefficient (Wildman–Crippen LogP) is 4.10. The van der Waals surface area contributed by atoms with E-state index in [2.05, 4.69) is 26.7 Å². The Bertz CT molecular complexity index is 925. The third kappa shape index (κ3) is 4.63. The first kappa shape index (κ1) is 17.5. The average molecular weight is 350 g/mol. The fourth-order valence-corrected chi connectivity index (χ4v) is 2.50. The van der Waals surface area contributed by atoms with Gasteiger partial charge in [0.05, 0.1) is 0 Å². The Balaban J connectivity index is 1.72. The van der Waals surface area contributed by atoms with Crippen LogP contribution in [-0.2, 0) is 6.54 Å². The molecular formula is C20H19FN4O. The Kier molecular flexibility index (Phi) is 5.22. The maximum Gasteiger partial charge on any atom is 0.274 e. The fourth-order valence-electron chi connectivity index (χ4n) is 2.50. The van der Waals surface area contributed by atoms with E-state index in [0.29, 0.717) is 23.9 Å². The van der Waals surface area contributed by atoms with Gasteiger partial charge in [-0.1, -0.05) is 29.8 Å². The van der Waals surface area contributed by atoms with Gasteiger partial charge in [-0.3, -0.25) is 4.79 Å². The number of carbonyl (C=O) groups is 1. The highest BCUT2D eigenvalue weighted by molar-refractivity contribution is 6.03. The second-order valence-electron chi connectivity index (χ2n) is 6.02. The number of anilines is 2. The smallest absolute Gasteiger partial charge is 0.274 e. The number of nitrogens with one attached hydrogen (secondary N) is 2. The lowest BCUT2D eigenvalue weighted by atomic mass is 10.1. The van der Waals surface area contributed by atoms with E-state index in [-0.39, 0.29) is 17.4 Å². The molecule has 2 N–H and O–H groups in total. The quantitative estimate of drug-likeness (QED) is 0.727. The lowest BCUT2D eigenvalue weighted by molar-refractivity contribution is 0.102. The van der Waals surface area contributed by atoms with Crippen LogP contribution in [0.5, 0.6) is 0 Å². The Morgan fingerprint density at radius 3 is 2.54 bits per heavy atom. The van der Waals surface area contributed by atoms with E-state index in [1.54, 1.807) is 13.0 Å². The van der Waals surface area contributed by atoms with Crippen LogP contribution in [0.2, 0.25) is 0 Å². The normalized spacial score (nSPS) is 10.4. The van der Waals surface area contributed by atoms with Gasteiger partial charge in [0, 0.05) is 17.9 Å². The lowest BCUT2D eigenvalue weighted by Crippen LogP contribution is -2.16. The van der Waals surface area contributed by atoms with Gasteiger partial charge in [0.1, 0.15) is 11.5 Å². The molecule has 6 heteroatoms. The molecule has 0 radical (unpaired) electrons. The molecule has 26 heavy (non-hydrogen) atoms. The van der Waals surface area contributed by atoms with Crippen LogP contribution >= 0.6 is 0 Å². The van der Waals surface area contributed by atoms with Crippen molar-refractivity contribution in [2.24, 2.45) is 0 Å². The summed E-state index contributed by atoms with van der Waals surface area (Å²) in [7, 11) is 0. The van der Waals surface area contributed by atoms with Crippen molar-refractivity contribution in [3.05, 3.63) is 82.9 Å². The van der Waals surface area contributed by atoms with Crippen LogP contribution in [0.15, 0.2) is 54.6 Å². The first-order chi connectivity index (χ1) is 12.5. The number of benzene rings is 2. The first-order valence-electron chi connectivity index (χ1n) is 8.21. The summed E-state index contributed by atoms with van der Waals surface area (Å²) in [5.41, 5.74) is 3.70. The molecule has 0 aliphatic rings. The molecule has 132 valence electrons. The summed E-state index contributed by atoms with van der Waals surface area (Å²) >= 11 is 0. The summed E-state index contributed by atoms with van der Waals surface area (Å²) in [6.45, 7) is 4.39. The molecule has 0 unspecified atom stereocenters. The van der Waals surface area contributed by atoms with Gasteiger partial charge in [0.25, 0.3) is 5.91 Å². The number of hydrogen-bond acceptors (Lipinski definition) is 4. The molecule has 0 saturated heterocycles. The maximum atomic E-state index is 13.0. The van der Waals surface area contributed by atoms with Gasteiger partial charge in [-0.15, -0.1) is 0 Å². The Hall–Kier alpha value is -3.28. The van der Waals surface area contributed by atoms with E-state index in [1.165, 1.54) is 29.8 Å². The van der Waals surface area contributed by atoms with Crippen molar-refractivity contribution in [2.45, 2.75) is 20.4 Å². The van der Waals surface area contributed by atoms with Crippen molar-refractivity contribution in [2.75, 3.05) is 10.6 Å². The lowest BCUT2D eigenvalue weighted by Gasteiger charge is -2.09. The van der Waals surface area contributed by atoms with Crippen LogP contribution in [0.4, 0.5) is 16.0 Å². The molecule has 3 aromatic rings. The minimum atomic E-state index is -0.374. The standard InChI is InChI=1S/C20H19FN4O/c1-13-4-3-5-15(10-13)12-22-20-23-14(2)11-18(25-20)19(26)24-17-8-6-16(21)7-9-17/h3-11H,12H2,1-2H3,(H,24,26)(H,22,23,25). The average Bonchev–Trinajstić information content (AvgIpc) is 2.61. The van der Waals surface area contributed by atoms with Crippen molar-refractivity contribution in [1.82, 2.24) is 9.97 Å². The Labute approximate surface area is 151 Å². The zero-order chi connectivity index (χ0) is 18.5. The molecule has 0 aliphatic carbocycles. The van der Waals surface area contributed by atoms with Crippen LogP contribution in [0.1, 0.15) is 27.3 Å². The third-order valence-corrected chi connectivity index (χ3v) is 3.72. The molecule has 3 rings (SSSR count). The number of nitrogens with zero attached hydrogens (tertiary/aromatic N) is 2. The van der Waals surface area contributed by atoms with Gasteiger partial charge in [-0.25, -0.2) is 14.4 Å². The number of aromatic nitrogens is 2. The van der Waals surface area contributed by atoms with Gasteiger partial charge < -0.3 is 10.6 Å². The molecule has 2 aromatic carbocycles. The highest BCUT2D eigenvalue weighted by Crippen LogP contribution is 2.12. The highest BCUT2D eigenvalue weighted by atomic mass is 19.1. The Morgan fingerprint density at radius 1 is 1.04 bits per heavy atom. The van der Waals surface area contributed by atoms with Crippen LogP contribution in [0.25, 0.3) is 0 Å². The predicted molar refractivity (Wildman–Crippen MR) is 99.6 cm³/mol. The van der Waals surface area contributed by atoms with E-state index in [9.17, 15) is 9.18 Å². The Morgan fingerprint density at radius 2 is 1.81 bits per heavy atom. The fraction of sp³-hybridized carbons (Fsp3) is 0.150. The summed E-state index contributed by atoms with van der Waals surface area (Å²) in [6, 6.07) is 15.3.